The van der Waals surface area contributed by atoms with Crippen LogP contribution >= 0.6 is 11.3 Å². The Labute approximate surface area is 177 Å². The van der Waals surface area contributed by atoms with Crippen LogP contribution in [0.5, 0.6) is 0 Å². The predicted octanol–water partition coefficient (Wildman–Crippen LogP) is 4.69. The van der Waals surface area contributed by atoms with Gasteiger partial charge >= 0.3 is 0 Å². The number of thiazole rings is 1. The molecule has 30 heavy (non-hydrogen) atoms. The maximum Gasteiger partial charge on any atom is 0.260 e. The first-order valence-corrected chi connectivity index (χ1v) is 11.7. The highest BCUT2D eigenvalue weighted by Gasteiger charge is 2.23. The molecule has 0 unspecified atom stereocenters. The Morgan fingerprint density at radius 1 is 1.00 bits per heavy atom. The molecule has 0 aliphatic carbocycles. The number of benzene rings is 3. The molecule has 0 bridgehead atoms. The number of anilines is 1. The number of halogens is 1. The number of rotatable bonds is 5. The number of hydrogen-bond donors (Lipinski definition) is 0. The number of sulfone groups is 1. The monoisotopic (exact) mass is 440 g/mol. The molecule has 0 saturated carbocycles. The van der Waals surface area contributed by atoms with Crippen LogP contribution in [-0.4, -0.2) is 25.6 Å². The molecule has 0 radical (unpaired) electrons. The van der Waals surface area contributed by atoms with Crippen LogP contribution in [0.3, 0.4) is 0 Å². The van der Waals surface area contributed by atoms with Crippen LogP contribution < -0.4 is 4.90 Å². The van der Waals surface area contributed by atoms with Gasteiger partial charge in [0.05, 0.1) is 16.1 Å². The topological polar surface area (TPSA) is 67.3 Å². The zero-order chi connectivity index (χ0) is 21.3. The summed E-state index contributed by atoms with van der Waals surface area (Å²) >= 11 is 1.23. The molecule has 0 aliphatic heterocycles. The van der Waals surface area contributed by atoms with E-state index in [1.165, 1.54) is 46.6 Å². The lowest BCUT2D eigenvalue weighted by Gasteiger charge is -2.20. The summed E-state index contributed by atoms with van der Waals surface area (Å²) in [6, 6.07) is 19.9. The molecule has 0 N–H and O–H groups in total. The minimum atomic E-state index is -3.37. The van der Waals surface area contributed by atoms with Crippen molar-refractivity contribution in [1.29, 1.82) is 0 Å². The van der Waals surface area contributed by atoms with Gasteiger partial charge in [0.2, 0.25) is 0 Å². The summed E-state index contributed by atoms with van der Waals surface area (Å²) in [5.74, 6) is -0.794. The van der Waals surface area contributed by atoms with Gasteiger partial charge in [-0.05, 0) is 42.0 Å². The first-order chi connectivity index (χ1) is 14.3. The lowest BCUT2D eigenvalue weighted by Crippen LogP contribution is -2.30. The van der Waals surface area contributed by atoms with Crippen molar-refractivity contribution in [3.05, 3.63) is 89.7 Å². The normalized spacial score (nSPS) is 11.5. The zero-order valence-electron chi connectivity index (χ0n) is 15.9. The minimum Gasteiger partial charge on any atom is -0.279 e. The molecule has 0 aliphatic rings. The van der Waals surface area contributed by atoms with Crippen LogP contribution in [0, 0.1) is 5.82 Å². The Morgan fingerprint density at radius 3 is 2.33 bits per heavy atom. The van der Waals surface area contributed by atoms with E-state index in [0.29, 0.717) is 15.4 Å². The molecule has 1 amide bonds. The Morgan fingerprint density at radius 2 is 1.70 bits per heavy atom. The Balaban J connectivity index is 1.76. The summed E-state index contributed by atoms with van der Waals surface area (Å²) in [6.07, 6.45) is 1.11. The molecule has 0 atom stereocenters. The second-order valence-electron chi connectivity index (χ2n) is 6.76. The maximum absolute atomic E-state index is 14.2. The van der Waals surface area contributed by atoms with Crippen molar-refractivity contribution in [2.45, 2.75) is 11.4 Å². The van der Waals surface area contributed by atoms with Crippen molar-refractivity contribution < 1.29 is 17.6 Å². The fourth-order valence-corrected chi connectivity index (χ4v) is 4.62. The van der Waals surface area contributed by atoms with Crippen LogP contribution in [0.4, 0.5) is 9.52 Å². The van der Waals surface area contributed by atoms with Crippen LogP contribution in [0.1, 0.15) is 15.9 Å². The van der Waals surface area contributed by atoms with Crippen LogP contribution in [0.2, 0.25) is 0 Å². The van der Waals surface area contributed by atoms with Crippen molar-refractivity contribution in [3.8, 4) is 0 Å². The summed E-state index contributed by atoms with van der Waals surface area (Å²) in [5, 5.41) is 0.371. The van der Waals surface area contributed by atoms with Crippen molar-refractivity contribution in [3.63, 3.8) is 0 Å². The third-order valence-corrected chi connectivity index (χ3v) is 6.72. The number of fused-ring (bicyclic) bond motifs is 1. The van der Waals surface area contributed by atoms with Crippen molar-refractivity contribution in [1.82, 2.24) is 4.98 Å². The van der Waals surface area contributed by atoms with Crippen molar-refractivity contribution in [2.24, 2.45) is 0 Å². The maximum atomic E-state index is 14.2. The molecule has 1 aromatic heterocycles. The standard InChI is InChI=1S/C22H17FN2O3S2/c1-30(27,28)17-12-10-16(11-13-17)21(26)25(14-15-6-3-2-4-7-15)22-24-20-18(23)8-5-9-19(20)29-22/h2-13H,14H2,1H3. The summed E-state index contributed by atoms with van der Waals surface area (Å²) in [7, 11) is -3.37. The Hall–Kier alpha value is -3.10. The van der Waals surface area contributed by atoms with E-state index in [4.69, 9.17) is 0 Å². The highest BCUT2D eigenvalue weighted by Crippen LogP contribution is 2.32. The summed E-state index contributed by atoms with van der Waals surface area (Å²) in [5.41, 5.74) is 1.42. The van der Waals surface area contributed by atoms with Crippen LogP contribution in [0.15, 0.2) is 77.7 Å². The predicted molar refractivity (Wildman–Crippen MR) is 116 cm³/mol. The zero-order valence-corrected chi connectivity index (χ0v) is 17.6. The van der Waals surface area contributed by atoms with Crippen molar-refractivity contribution in [2.75, 3.05) is 11.2 Å². The van der Waals surface area contributed by atoms with E-state index in [1.807, 2.05) is 30.3 Å². The fraction of sp³-hybridized carbons (Fsp3) is 0.0909. The Bertz CT molecular complexity index is 1320. The van der Waals surface area contributed by atoms with Gasteiger partial charge in [0.15, 0.2) is 15.0 Å². The van der Waals surface area contributed by atoms with Gasteiger partial charge < -0.3 is 0 Å². The number of carbonyl (C=O) groups excluding carboxylic acids is 1. The number of carbonyl (C=O) groups is 1. The molecule has 0 saturated heterocycles. The number of nitrogens with zero attached hydrogens (tertiary/aromatic N) is 2. The number of aromatic nitrogens is 1. The lowest BCUT2D eigenvalue weighted by atomic mass is 10.1. The number of hydrogen-bond acceptors (Lipinski definition) is 5. The molecule has 152 valence electrons. The molecular formula is C22H17FN2O3S2. The molecule has 1 heterocycles. The summed E-state index contributed by atoms with van der Waals surface area (Å²) in [6.45, 7) is 0.245. The van der Waals surface area contributed by atoms with Gasteiger partial charge in [0.1, 0.15) is 11.3 Å². The van der Waals surface area contributed by atoms with Crippen molar-refractivity contribution >= 4 is 42.4 Å². The number of amides is 1. The Kier molecular flexibility index (Phi) is 5.36. The van der Waals surface area contributed by atoms with Crippen LogP contribution in [-0.2, 0) is 16.4 Å². The second-order valence-corrected chi connectivity index (χ2v) is 9.78. The average molecular weight is 441 g/mol. The molecule has 0 spiro atoms. The van der Waals surface area contributed by atoms with Crippen LogP contribution in [0.25, 0.3) is 10.2 Å². The van der Waals surface area contributed by atoms with E-state index in [1.54, 1.807) is 12.1 Å². The largest absolute Gasteiger partial charge is 0.279 e. The van der Waals surface area contributed by atoms with Gasteiger partial charge in [-0.25, -0.2) is 17.8 Å². The minimum absolute atomic E-state index is 0.135. The van der Waals surface area contributed by atoms with Gasteiger partial charge in [0.25, 0.3) is 5.91 Å². The highest BCUT2D eigenvalue weighted by atomic mass is 32.2. The van der Waals surface area contributed by atoms with E-state index in [-0.39, 0.29) is 22.9 Å². The molecule has 5 nitrogen and oxygen atoms in total. The van der Waals surface area contributed by atoms with E-state index in [2.05, 4.69) is 4.98 Å². The van der Waals surface area contributed by atoms with Gasteiger partial charge in [-0.15, -0.1) is 0 Å². The molecule has 4 rings (SSSR count). The van der Waals surface area contributed by atoms with E-state index >= 15 is 0 Å². The summed E-state index contributed by atoms with van der Waals surface area (Å²) < 4.78 is 38.2. The van der Waals surface area contributed by atoms with Gasteiger partial charge in [0, 0.05) is 11.8 Å². The molecule has 4 aromatic rings. The molecule has 8 heteroatoms. The first-order valence-electron chi connectivity index (χ1n) is 9.04. The quantitative estimate of drug-likeness (QED) is 0.452. The average Bonchev–Trinajstić information content (AvgIpc) is 3.17. The van der Waals surface area contributed by atoms with E-state index in [0.717, 1.165) is 11.8 Å². The highest BCUT2D eigenvalue weighted by molar-refractivity contribution is 7.90. The third-order valence-electron chi connectivity index (χ3n) is 4.55. The van der Waals surface area contributed by atoms with Gasteiger partial charge in [-0.2, -0.15) is 0 Å². The molecule has 3 aromatic carbocycles. The second kappa shape index (κ2) is 7.97. The number of para-hydroxylation sites is 1. The SMILES string of the molecule is CS(=O)(=O)c1ccc(C(=O)N(Cc2ccccc2)c2nc3c(F)cccc3s2)cc1. The fourth-order valence-electron chi connectivity index (χ4n) is 3.01. The molecule has 0 fully saturated rings. The smallest absolute Gasteiger partial charge is 0.260 e. The third kappa shape index (κ3) is 4.10. The lowest BCUT2D eigenvalue weighted by molar-refractivity contribution is 0.0985. The van der Waals surface area contributed by atoms with E-state index < -0.39 is 15.7 Å². The van der Waals surface area contributed by atoms with E-state index in [9.17, 15) is 17.6 Å². The first kappa shape index (κ1) is 20.2. The van der Waals surface area contributed by atoms with Gasteiger partial charge in [-0.1, -0.05) is 47.7 Å². The molecular weight excluding hydrogens is 423 g/mol. The van der Waals surface area contributed by atoms with Gasteiger partial charge in [-0.3, -0.25) is 9.69 Å². The summed E-state index contributed by atoms with van der Waals surface area (Å²) in [4.78, 5) is 19.3.